The van der Waals surface area contributed by atoms with Crippen LogP contribution in [-0.2, 0) is 4.79 Å². The highest BCUT2D eigenvalue weighted by molar-refractivity contribution is 8.04. The van der Waals surface area contributed by atoms with Crippen LogP contribution in [0.15, 0.2) is 28.3 Å². The zero-order chi connectivity index (χ0) is 11.3. The van der Waals surface area contributed by atoms with Crippen molar-refractivity contribution < 1.29 is 9.90 Å². The molecule has 2 aromatic heterocycles. The Kier molecular flexibility index (Phi) is 1.85. The molecule has 4 nitrogen and oxygen atoms in total. The van der Waals surface area contributed by atoms with Gasteiger partial charge in [-0.3, -0.25) is 4.40 Å². The van der Waals surface area contributed by atoms with Gasteiger partial charge in [-0.05, 0) is 24.6 Å². The summed E-state index contributed by atoms with van der Waals surface area (Å²) < 4.78 is 1.98. The predicted molar refractivity (Wildman–Crippen MR) is 61.4 cm³/mol. The van der Waals surface area contributed by atoms with Crippen molar-refractivity contribution in [3.8, 4) is 0 Å². The number of imidazole rings is 1. The van der Waals surface area contributed by atoms with E-state index in [1.165, 1.54) is 11.8 Å². The van der Waals surface area contributed by atoms with Crippen LogP contribution >= 0.6 is 11.8 Å². The molecule has 2 aromatic rings. The van der Waals surface area contributed by atoms with Crippen LogP contribution in [0.1, 0.15) is 11.3 Å². The molecule has 80 valence electrons. The summed E-state index contributed by atoms with van der Waals surface area (Å²) in [6.07, 6.45) is 3.35. The van der Waals surface area contributed by atoms with Crippen molar-refractivity contribution in [3.05, 3.63) is 34.5 Å². The van der Waals surface area contributed by atoms with Gasteiger partial charge in [-0.25, -0.2) is 9.78 Å². The molecule has 3 rings (SSSR count). The molecule has 16 heavy (non-hydrogen) atoms. The maximum Gasteiger partial charge on any atom is 0.342 e. The molecule has 1 aliphatic rings. The number of aryl methyl sites for hydroxylation is 1. The third kappa shape index (κ3) is 1.18. The SMILES string of the molecule is Cc1ccc2ncc3n2c1SC(C(=O)O)=C3. The maximum atomic E-state index is 11.0. The monoisotopic (exact) mass is 232 g/mol. The van der Waals surface area contributed by atoms with E-state index in [2.05, 4.69) is 4.98 Å². The molecule has 3 heterocycles. The van der Waals surface area contributed by atoms with Crippen molar-refractivity contribution in [3.63, 3.8) is 0 Å². The van der Waals surface area contributed by atoms with Gasteiger partial charge < -0.3 is 5.11 Å². The van der Waals surface area contributed by atoms with Gasteiger partial charge in [-0.15, -0.1) is 0 Å². The Labute approximate surface area is 95.6 Å². The van der Waals surface area contributed by atoms with Crippen LogP contribution in [0.25, 0.3) is 11.7 Å². The van der Waals surface area contributed by atoms with Crippen LogP contribution in [-0.4, -0.2) is 20.5 Å². The van der Waals surface area contributed by atoms with E-state index in [4.69, 9.17) is 5.11 Å². The summed E-state index contributed by atoms with van der Waals surface area (Å²) in [6.45, 7) is 1.97. The van der Waals surface area contributed by atoms with E-state index in [9.17, 15) is 4.79 Å². The fraction of sp³-hybridized carbons (Fsp3) is 0.0909. The Morgan fingerprint density at radius 3 is 3.06 bits per heavy atom. The standard InChI is InChI=1S/C11H8N2O2S/c1-6-2-3-9-12-5-7-4-8(11(14)15)16-10(6)13(7)9/h2-5H,1H3,(H,14,15). The van der Waals surface area contributed by atoms with Gasteiger partial charge in [0.05, 0.1) is 16.9 Å². The number of carboxylic acids is 1. The van der Waals surface area contributed by atoms with E-state index >= 15 is 0 Å². The largest absolute Gasteiger partial charge is 0.477 e. The molecule has 0 amide bonds. The van der Waals surface area contributed by atoms with Crippen molar-refractivity contribution in [2.45, 2.75) is 11.9 Å². The highest BCUT2D eigenvalue weighted by atomic mass is 32.2. The van der Waals surface area contributed by atoms with Crippen LogP contribution in [0.2, 0.25) is 0 Å². The van der Waals surface area contributed by atoms with Gasteiger partial charge in [0.1, 0.15) is 10.6 Å². The number of rotatable bonds is 1. The minimum atomic E-state index is -0.895. The van der Waals surface area contributed by atoms with E-state index in [0.717, 1.165) is 21.9 Å². The minimum Gasteiger partial charge on any atom is -0.477 e. The smallest absolute Gasteiger partial charge is 0.342 e. The summed E-state index contributed by atoms with van der Waals surface area (Å²) in [5.41, 5.74) is 2.73. The van der Waals surface area contributed by atoms with Crippen LogP contribution in [0.5, 0.6) is 0 Å². The number of pyridine rings is 1. The molecule has 0 spiro atoms. The lowest BCUT2D eigenvalue weighted by atomic mass is 10.3. The van der Waals surface area contributed by atoms with Gasteiger partial charge in [0, 0.05) is 0 Å². The lowest BCUT2D eigenvalue weighted by Gasteiger charge is -2.14. The lowest BCUT2D eigenvalue weighted by Crippen LogP contribution is -2.05. The number of hydrogen-bond acceptors (Lipinski definition) is 3. The number of aliphatic carboxylic acids is 1. The Bertz CT molecular complexity index is 643. The molecule has 0 saturated carbocycles. The van der Waals surface area contributed by atoms with E-state index in [-0.39, 0.29) is 0 Å². The number of thioether (sulfide) groups is 1. The number of carbonyl (C=O) groups is 1. The Morgan fingerprint density at radius 2 is 2.31 bits per heavy atom. The second kappa shape index (κ2) is 3.12. The third-order valence-electron chi connectivity index (χ3n) is 2.54. The van der Waals surface area contributed by atoms with Crippen molar-refractivity contribution in [2.24, 2.45) is 0 Å². The molecule has 0 aliphatic carbocycles. The van der Waals surface area contributed by atoms with Crippen LogP contribution < -0.4 is 0 Å². The summed E-state index contributed by atoms with van der Waals surface area (Å²) in [6, 6.07) is 3.89. The zero-order valence-electron chi connectivity index (χ0n) is 8.47. The minimum absolute atomic E-state index is 0.337. The number of aromatic nitrogens is 2. The number of carboxylic acid groups (broad SMARTS) is 1. The highest BCUT2D eigenvalue weighted by Crippen LogP contribution is 2.36. The highest BCUT2D eigenvalue weighted by Gasteiger charge is 2.20. The molecule has 1 N–H and O–H groups in total. The van der Waals surface area contributed by atoms with Crippen molar-refractivity contribution in [1.82, 2.24) is 9.38 Å². The van der Waals surface area contributed by atoms with Crippen LogP contribution in [0.4, 0.5) is 0 Å². The summed E-state index contributed by atoms with van der Waals surface area (Å²) in [7, 11) is 0. The van der Waals surface area contributed by atoms with Gasteiger partial charge in [0.2, 0.25) is 0 Å². The third-order valence-corrected chi connectivity index (χ3v) is 3.75. The van der Waals surface area contributed by atoms with Crippen molar-refractivity contribution >= 4 is 29.5 Å². The molecule has 1 aliphatic heterocycles. The van der Waals surface area contributed by atoms with Gasteiger partial charge in [0.15, 0.2) is 0 Å². The molecule has 0 saturated heterocycles. The molecular weight excluding hydrogens is 224 g/mol. The average Bonchev–Trinajstić information content (AvgIpc) is 2.67. The quantitative estimate of drug-likeness (QED) is 0.818. The summed E-state index contributed by atoms with van der Waals surface area (Å²) in [5, 5.41) is 9.96. The normalized spacial score (nSPS) is 13.9. The summed E-state index contributed by atoms with van der Waals surface area (Å²) in [4.78, 5) is 15.6. The molecule has 0 radical (unpaired) electrons. The van der Waals surface area contributed by atoms with Gasteiger partial charge in [-0.1, -0.05) is 17.8 Å². The summed E-state index contributed by atoms with van der Waals surface area (Å²) >= 11 is 1.27. The maximum absolute atomic E-state index is 11.0. The first-order valence-corrected chi connectivity index (χ1v) is 5.58. The molecule has 0 aromatic carbocycles. The van der Waals surface area contributed by atoms with E-state index in [1.807, 2.05) is 23.5 Å². The van der Waals surface area contributed by atoms with Crippen LogP contribution in [0, 0.1) is 6.92 Å². The molecular formula is C11H8N2O2S. The number of nitrogens with zero attached hydrogens (tertiary/aromatic N) is 2. The molecule has 0 fully saturated rings. The second-order valence-electron chi connectivity index (χ2n) is 3.61. The molecule has 0 unspecified atom stereocenters. The van der Waals surface area contributed by atoms with Crippen LogP contribution in [0.3, 0.4) is 0 Å². The fourth-order valence-corrected chi connectivity index (χ4v) is 2.76. The summed E-state index contributed by atoms with van der Waals surface area (Å²) in [5.74, 6) is -0.895. The van der Waals surface area contributed by atoms with E-state index in [0.29, 0.717) is 4.91 Å². The van der Waals surface area contributed by atoms with Gasteiger partial charge in [0.25, 0.3) is 0 Å². The lowest BCUT2D eigenvalue weighted by molar-refractivity contribution is -0.131. The Balaban J connectivity index is 2.36. The fourth-order valence-electron chi connectivity index (χ4n) is 1.77. The second-order valence-corrected chi connectivity index (χ2v) is 4.64. The average molecular weight is 232 g/mol. The molecule has 0 bridgehead atoms. The van der Waals surface area contributed by atoms with Gasteiger partial charge in [-0.2, -0.15) is 0 Å². The van der Waals surface area contributed by atoms with Gasteiger partial charge >= 0.3 is 5.97 Å². The first-order valence-electron chi connectivity index (χ1n) is 4.77. The topological polar surface area (TPSA) is 54.6 Å². The van der Waals surface area contributed by atoms with Crippen molar-refractivity contribution in [2.75, 3.05) is 0 Å². The molecule has 0 atom stereocenters. The Morgan fingerprint density at radius 1 is 1.50 bits per heavy atom. The number of hydrogen-bond donors (Lipinski definition) is 1. The van der Waals surface area contributed by atoms with E-state index in [1.54, 1.807) is 12.3 Å². The predicted octanol–water partition coefficient (Wildman–Crippen LogP) is 2.17. The Hall–Kier alpha value is -1.75. The van der Waals surface area contributed by atoms with E-state index < -0.39 is 5.97 Å². The first-order chi connectivity index (χ1) is 7.66. The van der Waals surface area contributed by atoms with Crippen molar-refractivity contribution in [1.29, 1.82) is 0 Å². The molecule has 5 heteroatoms. The first kappa shape index (κ1) is 9.47. The zero-order valence-corrected chi connectivity index (χ0v) is 9.28.